The molecule has 0 bridgehead atoms. The van der Waals surface area contributed by atoms with E-state index >= 15 is 0 Å². The van der Waals surface area contributed by atoms with E-state index in [2.05, 4.69) is 19.9 Å². The molecule has 4 rings (SSSR count). The molecule has 0 amide bonds. The number of hydrogen-bond donors (Lipinski definition) is 0. The lowest BCUT2D eigenvalue weighted by Crippen LogP contribution is -2.59. The molecule has 9 nitrogen and oxygen atoms in total. The normalized spacial score (nSPS) is 29.9. The highest BCUT2D eigenvalue weighted by atomic mass is 19.4. The lowest BCUT2D eigenvalue weighted by Gasteiger charge is -2.40. The molecule has 2 saturated heterocycles. The molecule has 2 aliphatic heterocycles. The molecule has 168 valence electrons. The zero-order valence-corrected chi connectivity index (χ0v) is 16.9. The average Bonchev–Trinajstić information content (AvgIpc) is 3.05. The van der Waals surface area contributed by atoms with Crippen LogP contribution in [0, 0.1) is 0 Å². The van der Waals surface area contributed by atoms with Gasteiger partial charge in [-0.15, -0.1) is 0 Å². The molecule has 2 aromatic heterocycles. The van der Waals surface area contributed by atoms with Crippen molar-refractivity contribution in [1.82, 2.24) is 19.9 Å². The fraction of sp³-hybridized carbons (Fsp3) is 0.579. The fourth-order valence-corrected chi connectivity index (χ4v) is 3.56. The molecular formula is C19H21F3N4O5. The predicted molar refractivity (Wildman–Crippen MR) is 97.1 cm³/mol. The second-order valence-corrected chi connectivity index (χ2v) is 7.62. The van der Waals surface area contributed by atoms with Gasteiger partial charge in [-0.05, 0) is 20.8 Å². The highest BCUT2D eigenvalue weighted by Crippen LogP contribution is 2.39. The quantitative estimate of drug-likeness (QED) is 0.691. The molecule has 5 atom stereocenters. The highest BCUT2D eigenvalue weighted by Gasteiger charge is 2.55. The summed E-state index contributed by atoms with van der Waals surface area (Å²) in [6, 6.07) is 0. The van der Waals surface area contributed by atoms with Crippen molar-refractivity contribution in [3.8, 4) is 11.8 Å². The van der Waals surface area contributed by atoms with Crippen LogP contribution in [-0.4, -0.2) is 62.8 Å². The molecule has 2 aliphatic rings. The SMILES string of the molecule is C[C@H]1O[C@H](COc2cnccn2)[C@H](Oc2cncc(C(F)(F)F)n2)[C@H]2OC(C)(C)O[C@H]21. The summed E-state index contributed by atoms with van der Waals surface area (Å²) in [7, 11) is 0. The summed E-state index contributed by atoms with van der Waals surface area (Å²) in [5.41, 5.74) is -1.16. The Balaban J connectivity index is 1.59. The first kappa shape index (κ1) is 21.7. The fourth-order valence-electron chi connectivity index (χ4n) is 3.56. The van der Waals surface area contributed by atoms with Gasteiger partial charge in [0.25, 0.3) is 0 Å². The third kappa shape index (κ3) is 4.86. The average molecular weight is 442 g/mol. The van der Waals surface area contributed by atoms with Gasteiger partial charge in [0.15, 0.2) is 17.6 Å². The molecule has 0 saturated carbocycles. The zero-order chi connectivity index (χ0) is 22.2. The van der Waals surface area contributed by atoms with Gasteiger partial charge in [-0.2, -0.15) is 13.2 Å². The van der Waals surface area contributed by atoms with Gasteiger partial charge in [-0.25, -0.2) is 9.97 Å². The monoisotopic (exact) mass is 442 g/mol. The number of ether oxygens (including phenoxy) is 5. The van der Waals surface area contributed by atoms with E-state index < -0.39 is 42.1 Å². The van der Waals surface area contributed by atoms with Gasteiger partial charge in [-0.1, -0.05) is 0 Å². The minimum atomic E-state index is -4.66. The Bertz CT molecular complexity index is 902. The van der Waals surface area contributed by atoms with Crippen molar-refractivity contribution >= 4 is 0 Å². The Morgan fingerprint density at radius 3 is 2.48 bits per heavy atom. The number of aromatic nitrogens is 4. The molecule has 0 spiro atoms. The Kier molecular flexibility index (Phi) is 5.71. The predicted octanol–water partition coefficient (Wildman–Crippen LogP) is 2.42. The van der Waals surface area contributed by atoms with Crippen LogP contribution in [0.3, 0.4) is 0 Å². The minimum Gasteiger partial charge on any atom is -0.474 e. The van der Waals surface area contributed by atoms with Crippen molar-refractivity contribution in [1.29, 1.82) is 0 Å². The molecule has 4 heterocycles. The van der Waals surface area contributed by atoms with Gasteiger partial charge in [0.1, 0.15) is 24.9 Å². The Labute approximate surface area is 175 Å². The summed E-state index contributed by atoms with van der Waals surface area (Å²) < 4.78 is 68.5. The second kappa shape index (κ2) is 8.17. The smallest absolute Gasteiger partial charge is 0.435 e. The van der Waals surface area contributed by atoms with Gasteiger partial charge in [0, 0.05) is 12.4 Å². The van der Waals surface area contributed by atoms with Crippen LogP contribution >= 0.6 is 0 Å². The van der Waals surface area contributed by atoms with Crippen LogP contribution in [0.5, 0.6) is 11.8 Å². The van der Waals surface area contributed by atoms with Crippen LogP contribution in [0.4, 0.5) is 13.2 Å². The van der Waals surface area contributed by atoms with Crippen molar-refractivity contribution in [3.63, 3.8) is 0 Å². The van der Waals surface area contributed by atoms with Crippen molar-refractivity contribution in [2.24, 2.45) is 0 Å². The standard InChI is InChI=1S/C19H21F3N4O5/c1-10-15-17(31-18(2,3)30-15)16(11(28-10)9-27-13-7-23-4-5-25-13)29-14-8-24-6-12(26-14)19(20,21)22/h4-8,10-11,15-17H,9H2,1-3H3/t10-,11-,15+,16+,17+/m1/s1. The van der Waals surface area contributed by atoms with Crippen LogP contribution in [0.2, 0.25) is 0 Å². The molecule has 31 heavy (non-hydrogen) atoms. The molecular weight excluding hydrogens is 421 g/mol. The molecule has 0 radical (unpaired) electrons. The first-order chi connectivity index (χ1) is 14.6. The Morgan fingerprint density at radius 1 is 1.03 bits per heavy atom. The maximum Gasteiger partial charge on any atom is 0.435 e. The topological polar surface area (TPSA) is 97.7 Å². The molecule has 12 heteroatoms. The number of fused-ring (bicyclic) bond motifs is 1. The summed E-state index contributed by atoms with van der Waals surface area (Å²) in [6.45, 7) is 5.29. The Hall–Kier alpha value is -2.57. The van der Waals surface area contributed by atoms with Crippen LogP contribution < -0.4 is 9.47 Å². The summed E-state index contributed by atoms with van der Waals surface area (Å²) in [5.74, 6) is -0.966. The van der Waals surface area contributed by atoms with Gasteiger partial charge >= 0.3 is 6.18 Å². The molecule has 2 fully saturated rings. The molecule has 0 aromatic carbocycles. The molecule has 0 unspecified atom stereocenters. The highest BCUT2D eigenvalue weighted by molar-refractivity contribution is 5.13. The maximum atomic E-state index is 13.0. The van der Waals surface area contributed by atoms with Crippen LogP contribution in [0.15, 0.2) is 31.0 Å². The van der Waals surface area contributed by atoms with Crippen LogP contribution in [-0.2, 0) is 20.4 Å². The van der Waals surface area contributed by atoms with Crippen LogP contribution in [0.25, 0.3) is 0 Å². The lowest BCUT2D eigenvalue weighted by molar-refractivity contribution is -0.182. The zero-order valence-electron chi connectivity index (χ0n) is 16.9. The van der Waals surface area contributed by atoms with Gasteiger partial charge in [0.2, 0.25) is 11.8 Å². The summed E-state index contributed by atoms with van der Waals surface area (Å²) in [5, 5.41) is 0. The number of rotatable bonds is 5. The first-order valence-electron chi connectivity index (χ1n) is 9.58. The van der Waals surface area contributed by atoms with E-state index in [1.807, 2.05) is 6.92 Å². The second-order valence-electron chi connectivity index (χ2n) is 7.62. The van der Waals surface area contributed by atoms with E-state index in [9.17, 15) is 13.2 Å². The van der Waals surface area contributed by atoms with Gasteiger partial charge in [-0.3, -0.25) is 9.97 Å². The van der Waals surface area contributed by atoms with Gasteiger partial charge < -0.3 is 23.7 Å². The Morgan fingerprint density at radius 2 is 1.77 bits per heavy atom. The summed E-state index contributed by atoms with van der Waals surface area (Å²) in [6.07, 6.45) is -1.63. The number of hydrogen-bond acceptors (Lipinski definition) is 9. The largest absolute Gasteiger partial charge is 0.474 e. The van der Waals surface area contributed by atoms with Crippen molar-refractivity contribution in [2.45, 2.75) is 63.3 Å². The van der Waals surface area contributed by atoms with E-state index in [0.29, 0.717) is 6.20 Å². The van der Waals surface area contributed by atoms with E-state index in [-0.39, 0.29) is 24.5 Å². The van der Waals surface area contributed by atoms with E-state index in [1.165, 1.54) is 18.6 Å². The van der Waals surface area contributed by atoms with E-state index in [0.717, 1.165) is 6.20 Å². The van der Waals surface area contributed by atoms with Crippen molar-refractivity contribution < 1.29 is 36.9 Å². The lowest BCUT2D eigenvalue weighted by atomic mass is 9.96. The van der Waals surface area contributed by atoms with E-state index in [1.54, 1.807) is 13.8 Å². The van der Waals surface area contributed by atoms with Gasteiger partial charge in [0.05, 0.1) is 24.7 Å². The summed E-state index contributed by atoms with van der Waals surface area (Å²) in [4.78, 5) is 15.1. The maximum absolute atomic E-state index is 13.0. The summed E-state index contributed by atoms with van der Waals surface area (Å²) >= 11 is 0. The number of alkyl halides is 3. The minimum absolute atomic E-state index is 0.00685. The number of halogens is 3. The molecule has 0 aliphatic carbocycles. The molecule has 2 aromatic rings. The third-order valence-electron chi connectivity index (χ3n) is 4.80. The van der Waals surface area contributed by atoms with Crippen LogP contribution in [0.1, 0.15) is 26.5 Å². The third-order valence-corrected chi connectivity index (χ3v) is 4.80. The van der Waals surface area contributed by atoms with E-state index in [4.69, 9.17) is 23.7 Å². The number of nitrogens with zero attached hydrogens (tertiary/aromatic N) is 4. The van der Waals surface area contributed by atoms with Crippen molar-refractivity contribution in [3.05, 3.63) is 36.7 Å². The first-order valence-corrected chi connectivity index (χ1v) is 9.58. The van der Waals surface area contributed by atoms with Crippen molar-refractivity contribution in [2.75, 3.05) is 6.61 Å². The molecule has 0 N–H and O–H groups in total.